The molecule has 0 unspecified atom stereocenters. The summed E-state index contributed by atoms with van der Waals surface area (Å²) in [4.78, 5) is 18.5. The summed E-state index contributed by atoms with van der Waals surface area (Å²) in [5, 5.41) is 13.9. The fourth-order valence-electron chi connectivity index (χ4n) is 2.03. The van der Waals surface area contributed by atoms with Crippen molar-refractivity contribution in [3.8, 4) is 0 Å². The molecule has 1 N–H and O–H groups in total. The Morgan fingerprint density at radius 2 is 2.33 bits per heavy atom. The van der Waals surface area contributed by atoms with Crippen LogP contribution < -0.4 is 5.32 Å². The van der Waals surface area contributed by atoms with E-state index in [-0.39, 0.29) is 11.2 Å². The molecule has 0 radical (unpaired) electrons. The number of rotatable bonds is 6. The molecular formula is C13H13N5O3. The Morgan fingerprint density at radius 1 is 1.43 bits per heavy atom. The van der Waals surface area contributed by atoms with Gasteiger partial charge in [-0.25, -0.2) is 4.98 Å². The summed E-state index contributed by atoms with van der Waals surface area (Å²) in [6.07, 6.45) is 6.23. The van der Waals surface area contributed by atoms with Crippen molar-refractivity contribution in [2.24, 2.45) is 0 Å². The molecule has 8 heteroatoms. The van der Waals surface area contributed by atoms with Crippen LogP contribution in [0.2, 0.25) is 0 Å². The molecule has 0 bridgehead atoms. The Bertz CT molecular complexity index is 750. The second kappa shape index (κ2) is 5.61. The zero-order valence-corrected chi connectivity index (χ0v) is 11.1. The normalized spacial score (nSPS) is 10.9. The van der Waals surface area contributed by atoms with Crippen LogP contribution in [0.3, 0.4) is 0 Å². The molecule has 2 heterocycles. The molecule has 3 rings (SSSR count). The molecule has 8 nitrogen and oxygen atoms in total. The summed E-state index contributed by atoms with van der Waals surface area (Å²) >= 11 is 0. The van der Waals surface area contributed by atoms with Crippen molar-refractivity contribution in [1.29, 1.82) is 0 Å². The van der Waals surface area contributed by atoms with Gasteiger partial charge < -0.3 is 14.3 Å². The molecular weight excluding hydrogens is 274 g/mol. The number of nitro benzene ring substituents is 1. The quantitative estimate of drug-likeness (QED) is 0.424. The Hall–Kier alpha value is -2.90. The lowest BCUT2D eigenvalue weighted by atomic mass is 10.3. The van der Waals surface area contributed by atoms with Crippen LogP contribution in [0, 0.1) is 10.1 Å². The van der Waals surface area contributed by atoms with Gasteiger partial charge in [-0.3, -0.25) is 10.1 Å². The van der Waals surface area contributed by atoms with Crippen LogP contribution in [0.25, 0.3) is 11.1 Å². The number of aromatic nitrogens is 3. The maximum absolute atomic E-state index is 10.9. The average molecular weight is 287 g/mol. The van der Waals surface area contributed by atoms with Crippen LogP contribution >= 0.6 is 0 Å². The van der Waals surface area contributed by atoms with Crippen LogP contribution in [0.15, 0.2) is 41.3 Å². The van der Waals surface area contributed by atoms with Crippen molar-refractivity contribution in [3.05, 3.63) is 47.0 Å². The van der Waals surface area contributed by atoms with Gasteiger partial charge >= 0.3 is 0 Å². The molecule has 108 valence electrons. The van der Waals surface area contributed by atoms with E-state index in [0.29, 0.717) is 18.1 Å². The van der Waals surface area contributed by atoms with E-state index in [0.717, 1.165) is 13.0 Å². The molecule has 3 aromatic rings. The van der Waals surface area contributed by atoms with Gasteiger partial charge in [0.05, 0.1) is 11.3 Å². The minimum atomic E-state index is -0.465. The lowest BCUT2D eigenvalue weighted by molar-refractivity contribution is -0.383. The number of benzene rings is 1. The van der Waals surface area contributed by atoms with Crippen molar-refractivity contribution in [3.63, 3.8) is 0 Å². The number of nitrogens with zero attached hydrogens (tertiary/aromatic N) is 4. The Morgan fingerprint density at radius 3 is 3.10 bits per heavy atom. The third-order valence-corrected chi connectivity index (χ3v) is 3.02. The number of imidazole rings is 1. The van der Waals surface area contributed by atoms with E-state index >= 15 is 0 Å². The van der Waals surface area contributed by atoms with Gasteiger partial charge in [-0.1, -0.05) is 6.07 Å². The molecule has 0 aliphatic rings. The molecule has 1 aromatic carbocycles. The van der Waals surface area contributed by atoms with Crippen LogP contribution in [0.1, 0.15) is 6.42 Å². The van der Waals surface area contributed by atoms with Gasteiger partial charge in [-0.05, 0) is 12.5 Å². The number of hydrogen-bond acceptors (Lipinski definition) is 6. The van der Waals surface area contributed by atoms with Crippen LogP contribution in [0.5, 0.6) is 0 Å². The highest BCUT2D eigenvalue weighted by Crippen LogP contribution is 2.27. The second-order valence-electron chi connectivity index (χ2n) is 4.48. The van der Waals surface area contributed by atoms with Gasteiger partial charge in [-0.2, -0.15) is 4.98 Å². The predicted octanol–water partition coefficient (Wildman–Crippen LogP) is 2.43. The van der Waals surface area contributed by atoms with Crippen molar-refractivity contribution in [2.75, 3.05) is 11.9 Å². The number of fused-ring (bicyclic) bond motifs is 1. The Kier molecular flexibility index (Phi) is 3.50. The predicted molar refractivity (Wildman–Crippen MR) is 76.0 cm³/mol. The third kappa shape index (κ3) is 2.83. The Labute approximate surface area is 119 Å². The topological polar surface area (TPSA) is 99.0 Å². The van der Waals surface area contributed by atoms with Gasteiger partial charge in [0.15, 0.2) is 11.1 Å². The molecule has 21 heavy (non-hydrogen) atoms. The minimum absolute atomic E-state index is 0.0530. The van der Waals surface area contributed by atoms with Gasteiger partial charge in [0.1, 0.15) is 0 Å². The van der Waals surface area contributed by atoms with Crippen molar-refractivity contribution in [1.82, 2.24) is 14.5 Å². The molecule has 0 saturated heterocycles. The SMILES string of the molecule is O=[N+]([O-])c1cccc2oc(NCCCn3ccnc3)nc12. The summed E-state index contributed by atoms with van der Waals surface area (Å²) in [6, 6.07) is 4.94. The average Bonchev–Trinajstić information content (AvgIpc) is 3.11. The molecule has 0 amide bonds. The van der Waals surface area contributed by atoms with Crippen LogP contribution in [-0.2, 0) is 6.54 Å². The van der Waals surface area contributed by atoms with Crippen LogP contribution in [-0.4, -0.2) is 26.0 Å². The number of oxazole rings is 1. The third-order valence-electron chi connectivity index (χ3n) is 3.02. The molecule has 2 aromatic heterocycles. The Balaban J connectivity index is 1.65. The maximum atomic E-state index is 10.9. The van der Waals surface area contributed by atoms with E-state index in [9.17, 15) is 10.1 Å². The lowest BCUT2D eigenvalue weighted by Crippen LogP contribution is -2.05. The van der Waals surface area contributed by atoms with E-state index in [1.807, 2.05) is 10.8 Å². The number of hydrogen-bond donors (Lipinski definition) is 1. The van der Waals surface area contributed by atoms with E-state index in [1.54, 1.807) is 24.7 Å². The first kappa shape index (κ1) is 13.1. The monoisotopic (exact) mass is 287 g/mol. The number of non-ortho nitro benzene ring substituents is 1. The van der Waals surface area contributed by atoms with Gasteiger partial charge in [0.25, 0.3) is 11.7 Å². The van der Waals surface area contributed by atoms with Crippen molar-refractivity contribution < 1.29 is 9.34 Å². The molecule has 0 saturated carbocycles. The second-order valence-corrected chi connectivity index (χ2v) is 4.48. The summed E-state index contributed by atoms with van der Waals surface area (Å²) < 4.78 is 7.42. The van der Waals surface area contributed by atoms with E-state index < -0.39 is 4.92 Å². The molecule has 0 atom stereocenters. The molecule has 0 aliphatic carbocycles. The summed E-state index contributed by atoms with van der Waals surface area (Å²) in [5.74, 6) is 0. The number of anilines is 1. The standard InChI is InChI=1S/C13H13N5O3/c19-18(20)10-3-1-4-11-12(10)16-13(21-11)15-5-2-7-17-8-6-14-9-17/h1,3-4,6,8-9H,2,5,7H2,(H,15,16). The fourth-order valence-corrected chi connectivity index (χ4v) is 2.03. The zero-order chi connectivity index (χ0) is 14.7. The maximum Gasteiger partial charge on any atom is 0.298 e. The van der Waals surface area contributed by atoms with E-state index in [2.05, 4.69) is 15.3 Å². The number of aryl methyl sites for hydroxylation is 1. The number of para-hydroxylation sites is 1. The number of nitrogens with one attached hydrogen (secondary N) is 1. The number of nitro groups is 1. The summed E-state index contributed by atoms with van der Waals surface area (Å²) in [5.41, 5.74) is 0.614. The van der Waals surface area contributed by atoms with Crippen molar-refractivity contribution >= 4 is 22.8 Å². The minimum Gasteiger partial charge on any atom is -0.423 e. The van der Waals surface area contributed by atoms with Crippen LogP contribution in [0.4, 0.5) is 11.7 Å². The van der Waals surface area contributed by atoms with Gasteiger partial charge in [0, 0.05) is 31.5 Å². The largest absolute Gasteiger partial charge is 0.423 e. The first-order valence-electron chi connectivity index (χ1n) is 6.47. The molecule has 0 aliphatic heterocycles. The smallest absolute Gasteiger partial charge is 0.298 e. The van der Waals surface area contributed by atoms with E-state index in [4.69, 9.17) is 4.42 Å². The highest BCUT2D eigenvalue weighted by molar-refractivity contribution is 5.83. The molecule has 0 fully saturated rings. The summed E-state index contributed by atoms with van der Waals surface area (Å²) in [6.45, 7) is 1.48. The molecule has 0 spiro atoms. The fraction of sp³-hybridized carbons (Fsp3) is 0.231. The van der Waals surface area contributed by atoms with Gasteiger partial charge in [0.2, 0.25) is 0 Å². The zero-order valence-electron chi connectivity index (χ0n) is 11.1. The van der Waals surface area contributed by atoms with E-state index in [1.165, 1.54) is 6.07 Å². The highest BCUT2D eigenvalue weighted by Gasteiger charge is 2.16. The lowest BCUT2D eigenvalue weighted by Gasteiger charge is -2.02. The van der Waals surface area contributed by atoms with Crippen molar-refractivity contribution in [2.45, 2.75) is 13.0 Å². The first-order chi connectivity index (χ1) is 10.2. The summed E-state index contributed by atoms with van der Waals surface area (Å²) in [7, 11) is 0. The van der Waals surface area contributed by atoms with Gasteiger partial charge in [-0.15, -0.1) is 0 Å². The first-order valence-corrected chi connectivity index (χ1v) is 6.47. The highest BCUT2D eigenvalue weighted by atomic mass is 16.6.